The Labute approximate surface area is 177 Å². The Bertz CT molecular complexity index is 978. The van der Waals surface area contributed by atoms with Gasteiger partial charge in [-0.25, -0.2) is 0 Å². The van der Waals surface area contributed by atoms with E-state index >= 15 is 0 Å². The zero-order valence-corrected chi connectivity index (χ0v) is 17.3. The molecule has 5 rings (SSSR count). The molecular formula is C25H29N3O2. The number of nitrogens with zero attached hydrogens (tertiary/aromatic N) is 2. The summed E-state index contributed by atoms with van der Waals surface area (Å²) in [6, 6.07) is 16.1. The van der Waals surface area contributed by atoms with Crippen LogP contribution in [-0.2, 0) is 27.8 Å². The first-order chi connectivity index (χ1) is 14.6. The molecule has 0 saturated carbocycles. The second kappa shape index (κ2) is 7.55. The van der Waals surface area contributed by atoms with Crippen molar-refractivity contribution >= 4 is 17.5 Å². The lowest BCUT2D eigenvalue weighted by atomic mass is 9.74. The Balaban J connectivity index is 1.21. The molecule has 0 bridgehead atoms. The van der Waals surface area contributed by atoms with E-state index in [9.17, 15) is 9.59 Å². The molecule has 2 aromatic carbocycles. The number of rotatable bonds is 4. The molecule has 2 aromatic rings. The second-order valence-corrected chi connectivity index (χ2v) is 9.04. The van der Waals surface area contributed by atoms with Gasteiger partial charge in [0.1, 0.15) is 6.04 Å². The molecular weight excluding hydrogens is 374 g/mol. The number of carbonyl (C=O) groups excluding carboxylic acids is 2. The van der Waals surface area contributed by atoms with E-state index < -0.39 is 11.9 Å². The number of para-hydroxylation sites is 1. The standard InChI is InChI=1S/C25H29N3O2/c26-24(30)22-17-19-6-2-4-8-21(19)28(22)23(29)10-14-27-15-12-25(13-16-27)11-9-18-5-1-3-7-20(18)25/h1-8,22H,9-17H2,(H2,26,30). The van der Waals surface area contributed by atoms with Crippen molar-refractivity contribution in [3.05, 3.63) is 65.2 Å². The van der Waals surface area contributed by atoms with Crippen LogP contribution in [0.3, 0.4) is 0 Å². The molecule has 5 heteroatoms. The van der Waals surface area contributed by atoms with Crippen molar-refractivity contribution < 1.29 is 9.59 Å². The van der Waals surface area contributed by atoms with Gasteiger partial charge < -0.3 is 10.6 Å². The van der Waals surface area contributed by atoms with E-state index in [2.05, 4.69) is 29.2 Å². The van der Waals surface area contributed by atoms with Crippen LogP contribution in [0.4, 0.5) is 5.69 Å². The molecule has 0 aromatic heterocycles. The molecule has 2 N–H and O–H groups in total. The lowest BCUT2D eigenvalue weighted by Crippen LogP contribution is -2.47. The number of amides is 2. The molecule has 30 heavy (non-hydrogen) atoms. The van der Waals surface area contributed by atoms with E-state index in [0.717, 1.165) is 43.7 Å². The number of anilines is 1. The van der Waals surface area contributed by atoms with Crippen molar-refractivity contribution in [1.29, 1.82) is 0 Å². The lowest BCUT2D eigenvalue weighted by Gasteiger charge is -2.40. The fourth-order valence-electron chi connectivity index (χ4n) is 5.78. The summed E-state index contributed by atoms with van der Waals surface area (Å²) in [5, 5.41) is 0. The van der Waals surface area contributed by atoms with Gasteiger partial charge in [0.2, 0.25) is 11.8 Å². The van der Waals surface area contributed by atoms with Crippen molar-refractivity contribution in [3.8, 4) is 0 Å². The van der Waals surface area contributed by atoms with E-state index in [-0.39, 0.29) is 5.91 Å². The van der Waals surface area contributed by atoms with E-state index in [1.165, 1.54) is 18.4 Å². The number of aryl methyl sites for hydroxylation is 1. The van der Waals surface area contributed by atoms with E-state index in [4.69, 9.17) is 5.73 Å². The van der Waals surface area contributed by atoms with Crippen LogP contribution in [0.1, 0.15) is 42.4 Å². The largest absolute Gasteiger partial charge is 0.368 e. The van der Waals surface area contributed by atoms with Crippen LogP contribution in [0.25, 0.3) is 0 Å². The van der Waals surface area contributed by atoms with Crippen LogP contribution in [0, 0.1) is 0 Å². The van der Waals surface area contributed by atoms with Crippen LogP contribution < -0.4 is 10.6 Å². The van der Waals surface area contributed by atoms with Gasteiger partial charge in [0.15, 0.2) is 0 Å². The summed E-state index contributed by atoms with van der Waals surface area (Å²) in [6.07, 6.45) is 5.70. The van der Waals surface area contributed by atoms with E-state index in [1.807, 2.05) is 24.3 Å². The topological polar surface area (TPSA) is 66.6 Å². The number of fused-ring (bicyclic) bond motifs is 3. The minimum absolute atomic E-state index is 0.00440. The first kappa shape index (κ1) is 19.3. The number of piperidine rings is 1. The summed E-state index contributed by atoms with van der Waals surface area (Å²) < 4.78 is 0. The zero-order chi connectivity index (χ0) is 20.7. The van der Waals surface area contributed by atoms with Crippen LogP contribution >= 0.6 is 0 Å². The third-order valence-corrected chi connectivity index (χ3v) is 7.49. The minimum Gasteiger partial charge on any atom is -0.368 e. The van der Waals surface area contributed by atoms with Gasteiger partial charge in [-0.15, -0.1) is 0 Å². The Morgan fingerprint density at radius 3 is 2.43 bits per heavy atom. The normalized spacial score (nSPS) is 22.1. The molecule has 0 radical (unpaired) electrons. The highest BCUT2D eigenvalue weighted by molar-refractivity contribution is 6.03. The number of carbonyl (C=O) groups is 2. The molecule has 1 atom stereocenters. The van der Waals surface area contributed by atoms with Gasteiger partial charge in [0.25, 0.3) is 0 Å². The molecule has 1 aliphatic carbocycles. The number of primary amides is 1. The molecule has 1 saturated heterocycles. The highest BCUT2D eigenvalue weighted by Gasteiger charge is 2.41. The minimum atomic E-state index is -0.561. The average molecular weight is 404 g/mol. The van der Waals surface area contributed by atoms with Crippen LogP contribution in [0.2, 0.25) is 0 Å². The maximum atomic E-state index is 13.1. The first-order valence-electron chi connectivity index (χ1n) is 11.1. The third kappa shape index (κ3) is 3.21. The number of hydrogen-bond donors (Lipinski definition) is 1. The Hall–Kier alpha value is -2.66. The molecule has 1 spiro atoms. The maximum absolute atomic E-state index is 13.1. The predicted molar refractivity (Wildman–Crippen MR) is 117 cm³/mol. The van der Waals surface area contributed by atoms with Crippen molar-refractivity contribution in [1.82, 2.24) is 4.90 Å². The Morgan fingerprint density at radius 2 is 1.67 bits per heavy atom. The summed E-state index contributed by atoms with van der Waals surface area (Å²) in [5.74, 6) is -0.436. The van der Waals surface area contributed by atoms with Gasteiger partial charge in [-0.2, -0.15) is 0 Å². The lowest BCUT2D eigenvalue weighted by molar-refractivity contribution is -0.124. The molecule has 1 unspecified atom stereocenters. The summed E-state index contributed by atoms with van der Waals surface area (Å²) in [5.41, 5.74) is 10.9. The molecule has 1 fully saturated rings. The Kier molecular flexibility index (Phi) is 4.86. The van der Waals surface area contributed by atoms with Gasteiger partial charge in [-0.05, 0) is 66.9 Å². The van der Waals surface area contributed by atoms with E-state index in [1.54, 1.807) is 10.5 Å². The van der Waals surface area contributed by atoms with Crippen LogP contribution in [-0.4, -0.2) is 42.4 Å². The van der Waals surface area contributed by atoms with Gasteiger partial charge in [-0.3, -0.25) is 14.5 Å². The summed E-state index contributed by atoms with van der Waals surface area (Å²) in [7, 11) is 0. The third-order valence-electron chi connectivity index (χ3n) is 7.49. The first-order valence-corrected chi connectivity index (χ1v) is 11.1. The smallest absolute Gasteiger partial charge is 0.240 e. The summed E-state index contributed by atoms with van der Waals surface area (Å²) in [6.45, 7) is 2.79. The quantitative estimate of drug-likeness (QED) is 0.854. The van der Waals surface area contributed by atoms with Crippen LogP contribution in [0.15, 0.2) is 48.5 Å². The van der Waals surface area contributed by atoms with Gasteiger partial charge >= 0.3 is 0 Å². The molecule has 2 amide bonds. The Morgan fingerprint density at radius 1 is 0.967 bits per heavy atom. The molecule has 156 valence electrons. The van der Waals surface area contributed by atoms with Crippen molar-refractivity contribution in [2.75, 3.05) is 24.5 Å². The van der Waals surface area contributed by atoms with Crippen molar-refractivity contribution in [2.45, 2.75) is 50.0 Å². The molecule has 3 aliphatic rings. The van der Waals surface area contributed by atoms with Crippen molar-refractivity contribution in [2.24, 2.45) is 5.73 Å². The second-order valence-electron chi connectivity index (χ2n) is 9.04. The highest BCUT2D eigenvalue weighted by atomic mass is 16.2. The highest BCUT2D eigenvalue weighted by Crippen LogP contribution is 2.46. The van der Waals surface area contributed by atoms with Crippen LogP contribution in [0.5, 0.6) is 0 Å². The SMILES string of the molecule is NC(=O)C1Cc2ccccc2N1C(=O)CCN1CCC2(CCc3ccccc32)CC1. The maximum Gasteiger partial charge on any atom is 0.240 e. The van der Waals surface area contributed by atoms with Gasteiger partial charge in [-0.1, -0.05) is 42.5 Å². The van der Waals surface area contributed by atoms with Gasteiger partial charge in [0.05, 0.1) is 0 Å². The predicted octanol–water partition coefficient (Wildman–Crippen LogP) is 2.80. The number of hydrogen-bond acceptors (Lipinski definition) is 3. The molecule has 2 aliphatic heterocycles. The van der Waals surface area contributed by atoms with Gasteiger partial charge in [0, 0.05) is 25.1 Å². The number of likely N-dealkylation sites (tertiary alicyclic amines) is 1. The molecule has 5 nitrogen and oxygen atoms in total. The number of nitrogens with two attached hydrogens (primary N) is 1. The van der Waals surface area contributed by atoms with E-state index in [0.29, 0.717) is 18.3 Å². The van der Waals surface area contributed by atoms with Crippen molar-refractivity contribution in [3.63, 3.8) is 0 Å². The monoisotopic (exact) mass is 403 g/mol. The molecule has 2 heterocycles. The number of benzene rings is 2. The average Bonchev–Trinajstić information content (AvgIpc) is 3.33. The fourth-order valence-corrected chi connectivity index (χ4v) is 5.78. The summed E-state index contributed by atoms with van der Waals surface area (Å²) in [4.78, 5) is 29.1. The summed E-state index contributed by atoms with van der Waals surface area (Å²) >= 11 is 0. The fraction of sp³-hybridized carbons (Fsp3) is 0.440. The zero-order valence-electron chi connectivity index (χ0n) is 17.3.